The smallest absolute Gasteiger partial charge is 0.495 e. The van der Waals surface area contributed by atoms with Gasteiger partial charge in [-0.1, -0.05) is 12.1 Å². The van der Waals surface area contributed by atoms with Crippen LogP contribution in [-0.2, 0) is 17.8 Å². The molecule has 0 radical (unpaired) electrons. The number of methoxy groups -OCH3 is 1. The minimum absolute atomic E-state index is 0.126. The SMILES string of the molecule is COc1c(C#N)cc(-c2cnc(NCc3cccc(OC(F)(F)F)c3)nc2)cc1CCC(=O)O. The van der Waals surface area contributed by atoms with Gasteiger partial charge in [0.2, 0.25) is 5.95 Å². The Hall–Kier alpha value is -4.33. The van der Waals surface area contributed by atoms with Crippen LogP contribution in [0.2, 0.25) is 0 Å². The molecule has 0 aliphatic rings. The van der Waals surface area contributed by atoms with Gasteiger partial charge in [-0.2, -0.15) is 5.26 Å². The monoisotopic (exact) mass is 472 g/mol. The second kappa shape index (κ2) is 10.5. The fraction of sp³-hybridized carbons (Fsp3) is 0.217. The highest BCUT2D eigenvalue weighted by Crippen LogP contribution is 2.31. The number of ether oxygens (including phenoxy) is 2. The molecule has 0 saturated carbocycles. The maximum atomic E-state index is 12.4. The van der Waals surface area contributed by atoms with E-state index < -0.39 is 12.3 Å². The zero-order valence-corrected chi connectivity index (χ0v) is 17.9. The zero-order valence-electron chi connectivity index (χ0n) is 17.9. The lowest BCUT2D eigenvalue weighted by Crippen LogP contribution is -2.17. The molecule has 8 nitrogen and oxygen atoms in total. The summed E-state index contributed by atoms with van der Waals surface area (Å²) in [6.45, 7) is 0.162. The van der Waals surface area contributed by atoms with E-state index in [1.165, 1.54) is 37.7 Å². The van der Waals surface area contributed by atoms with E-state index in [1.54, 1.807) is 18.2 Å². The summed E-state index contributed by atoms with van der Waals surface area (Å²) in [6, 6.07) is 10.9. The Morgan fingerprint density at radius 1 is 1.18 bits per heavy atom. The zero-order chi connectivity index (χ0) is 24.7. The van der Waals surface area contributed by atoms with E-state index in [9.17, 15) is 23.2 Å². The number of nitrogens with zero attached hydrogens (tertiary/aromatic N) is 3. The third kappa shape index (κ3) is 6.59. The number of carbonyl (C=O) groups is 1. The number of carboxylic acid groups (broad SMARTS) is 1. The average molecular weight is 472 g/mol. The predicted molar refractivity (Wildman–Crippen MR) is 115 cm³/mol. The first-order chi connectivity index (χ1) is 16.2. The molecule has 0 unspecified atom stereocenters. The Bertz CT molecular complexity index is 1210. The molecule has 2 aromatic carbocycles. The highest BCUT2D eigenvalue weighted by molar-refractivity contribution is 5.70. The van der Waals surface area contributed by atoms with Gasteiger partial charge in [0.15, 0.2) is 0 Å². The molecule has 0 spiro atoms. The van der Waals surface area contributed by atoms with Gasteiger partial charge in [-0.05, 0) is 47.4 Å². The van der Waals surface area contributed by atoms with Crippen LogP contribution in [0.25, 0.3) is 11.1 Å². The minimum Gasteiger partial charge on any atom is -0.495 e. The van der Waals surface area contributed by atoms with Crippen molar-refractivity contribution in [3.8, 4) is 28.7 Å². The van der Waals surface area contributed by atoms with Crippen molar-refractivity contribution in [2.24, 2.45) is 0 Å². The van der Waals surface area contributed by atoms with Gasteiger partial charge < -0.3 is 19.9 Å². The summed E-state index contributed by atoms with van der Waals surface area (Å²) in [5.74, 6) is -0.732. The fourth-order valence-electron chi connectivity index (χ4n) is 3.21. The van der Waals surface area contributed by atoms with Gasteiger partial charge in [-0.25, -0.2) is 9.97 Å². The largest absolute Gasteiger partial charge is 0.573 e. The Morgan fingerprint density at radius 2 is 1.91 bits per heavy atom. The number of carboxylic acids is 1. The molecule has 0 aliphatic heterocycles. The van der Waals surface area contributed by atoms with Crippen molar-refractivity contribution < 1.29 is 32.5 Å². The number of rotatable bonds is 9. The quantitative estimate of drug-likeness (QED) is 0.466. The molecular formula is C23H19F3N4O4. The molecule has 0 aliphatic carbocycles. The lowest BCUT2D eigenvalue weighted by atomic mass is 9.98. The maximum absolute atomic E-state index is 12.4. The summed E-state index contributed by atoms with van der Waals surface area (Å²) in [6.07, 6.45) is -1.69. The van der Waals surface area contributed by atoms with Crippen LogP contribution < -0.4 is 14.8 Å². The number of halogens is 3. The van der Waals surface area contributed by atoms with Crippen LogP contribution in [0, 0.1) is 11.3 Å². The number of nitriles is 1. The molecule has 3 rings (SSSR count). The lowest BCUT2D eigenvalue weighted by Gasteiger charge is -2.13. The van der Waals surface area contributed by atoms with Crippen molar-refractivity contribution in [2.45, 2.75) is 25.7 Å². The van der Waals surface area contributed by atoms with Gasteiger partial charge in [0.25, 0.3) is 0 Å². The maximum Gasteiger partial charge on any atom is 0.573 e. The Labute approximate surface area is 192 Å². The molecule has 1 heterocycles. The van der Waals surface area contributed by atoms with Crippen LogP contribution in [0.15, 0.2) is 48.8 Å². The number of anilines is 1. The van der Waals surface area contributed by atoms with Gasteiger partial charge in [0.1, 0.15) is 17.6 Å². The highest BCUT2D eigenvalue weighted by Gasteiger charge is 2.31. The van der Waals surface area contributed by atoms with E-state index in [2.05, 4.69) is 20.0 Å². The molecule has 11 heteroatoms. The summed E-state index contributed by atoms with van der Waals surface area (Å²) in [5.41, 5.74) is 2.56. The number of alkyl halides is 3. The molecule has 0 fully saturated rings. The molecular weight excluding hydrogens is 453 g/mol. The van der Waals surface area contributed by atoms with E-state index in [-0.39, 0.29) is 36.6 Å². The van der Waals surface area contributed by atoms with Gasteiger partial charge in [-0.15, -0.1) is 13.2 Å². The van der Waals surface area contributed by atoms with Crippen molar-refractivity contribution in [3.63, 3.8) is 0 Å². The van der Waals surface area contributed by atoms with Crippen LogP contribution in [-0.4, -0.2) is 34.5 Å². The fourth-order valence-corrected chi connectivity index (χ4v) is 3.21. The Balaban J connectivity index is 1.75. The number of aliphatic carboxylic acids is 1. The number of aryl methyl sites for hydroxylation is 1. The normalized spacial score (nSPS) is 10.9. The van der Waals surface area contributed by atoms with E-state index >= 15 is 0 Å². The number of hydrogen-bond donors (Lipinski definition) is 2. The second-order valence-electron chi connectivity index (χ2n) is 7.07. The minimum atomic E-state index is -4.77. The van der Waals surface area contributed by atoms with Gasteiger partial charge in [-0.3, -0.25) is 4.79 Å². The first-order valence-corrected chi connectivity index (χ1v) is 9.92. The van der Waals surface area contributed by atoms with E-state index in [4.69, 9.17) is 9.84 Å². The average Bonchev–Trinajstić information content (AvgIpc) is 2.80. The molecule has 0 bridgehead atoms. The topological polar surface area (TPSA) is 117 Å². The molecule has 3 aromatic rings. The highest BCUT2D eigenvalue weighted by atomic mass is 19.4. The van der Waals surface area contributed by atoms with Crippen LogP contribution in [0.3, 0.4) is 0 Å². The third-order valence-electron chi connectivity index (χ3n) is 4.67. The number of benzene rings is 2. The number of nitrogens with one attached hydrogen (secondary N) is 1. The summed E-state index contributed by atoms with van der Waals surface area (Å²) in [4.78, 5) is 19.4. The summed E-state index contributed by atoms with van der Waals surface area (Å²) >= 11 is 0. The van der Waals surface area contributed by atoms with Crippen molar-refractivity contribution in [2.75, 3.05) is 12.4 Å². The molecule has 2 N–H and O–H groups in total. The molecule has 176 valence electrons. The van der Waals surface area contributed by atoms with E-state index in [0.717, 1.165) is 0 Å². The summed E-state index contributed by atoms with van der Waals surface area (Å²) in [7, 11) is 1.41. The number of hydrogen-bond acceptors (Lipinski definition) is 7. The van der Waals surface area contributed by atoms with Crippen molar-refractivity contribution in [3.05, 3.63) is 65.5 Å². The van der Waals surface area contributed by atoms with Crippen molar-refractivity contribution >= 4 is 11.9 Å². The third-order valence-corrected chi connectivity index (χ3v) is 4.67. The van der Waals surface area contributed by atoms with E-state index in [1.807, 2.05) is 6.07 Å². The van der Waals surface area contributed by atoms with Crippen LogP contribution in [0.5, 0.6) is 11.5 Å². The second-order valence-corrected chi connectivity index (χ2v) is 7.07. The van der Waals surface area contributed by atoms with E-state index in [0.29, 0.717) is 28.0 Å². The van der Waals surface area contributed by atoms with Gasteiger partial charge in [0.05, 0.1) is 12.7 Å². The molecule has 0 amide bonds. The number of aromatic nitrogens is 2. The Kier molecular flexibility index (Phi) is 7.53. The summed E-state index contributed by atoms with van der Waals surface area (Å²) < 4.78 is 46.4. The van der Waals surface area contributed by atoms with Crippen molar-refractivity contribution in [1.29, 1.82) is 5.26 Å². The lowest BCUT2D eigenvalue weighted by molar-refractivity contribution is -0.274. The van der Waals surface area contributed by atoms with Gasteiger partial charge in [0, 0.05) is 30.9 Å². The van der Waals surface area contributed by atoms with Crippen LogP contribution in [0.1, 0.15) is 23.1 Å². The molecule has 34 heavy (non-hydrogen) atoms. The van der Waals surface area contributed by atoms with Crippen LogP contribution >= 0.6 is 0 Å². The predicted octanol–water partition coefficient (Wildman–Crippen LogP) is 4.55. The summed E-state index contributed by atoms with van der Waals surface area (Å²) in [5, 5.41) is 21.4. The Morgan fingerprint density at radius 3 is 2.53 bits per heavy atom. The molecule has 0 saturated heterocycles. The first kappa shape index (κ1) is 24.3. The van der Waals surface area contributed by atoms with Gasteiger partial charge >= 0.3 is 12.3 Å². The standard InChI is InChI=1S/C23H19F3N4O4/c1-33-21-15(5-6-20(31)32)8-16(9-17(21)10-27)18-12-29-22(30-13-18)28-11-14-3-2-4-19(7-14)34-23(24,25)26/h2-4,7-9,12-13H,5-6,11H2,1H3,(H,31,32)(H,28,29,30). The molecule has 1 aromatic heterocycles. The van der Waals surface area contributed by atoms with Crippen LogP contribution in [0.4, 0.5) is 19.1 Å². The van der Waals surface area contributed by atoms with Crippen molar-refractivity contribution in [1.82, 2.24) is 9.97 Å². The molecule has 0 atom stereocenters. The first-order valence-electron chi connectivity index (χ1n) is 9.92.